The van der Waals surface area contributed by atoms with Crippen LogP contribution in [0.25, 0.3) is 11.1 Å². The van der Waals surface area contributed by atoms with Crippen LogP contribution in [0.5, 0.6) is 5.75 Å². The van der Waals surface area contributed by atoms with Crippen LogP contribution < -0.4 is 20.9 Å². The molecule has 0 saturated heterocycles. The van der Waals surface area contributed by atoms with E-state index in [-0.39, 0.29) is 18.9 Å². The normalized spacial score (nSPS) is 9.84. The Kier molecular flexibility index (Phi) is 7.54. The van der Waals surface area contributed by atoms with Crippen LogP contribution in [0.15, 0.2) is 78.9 Å². The topological polar surface area (TPSA) is 120 Å². The number of ether oxygens (including phenoxy) is 1. The second kappa shape index (κ2) is 10.9. The number of hydrogen-bond donors (Lipinski definition) is 3. The van der Waals surface area contributed by atoms with Gasteiger partial charge in [-0.3, -0.25) is 25.2 Å². The van der Waals surface area contributed by atoms with Gasteiger partial charge in [-0.2, -0.15) is 5.26 Å². The van der Waals surface area contributed by atoms with Gasteiger partial charge in [-0.05, 0) is 35.4 Å². The largest absolute Gasteiger partial charge is 0.482 e. The van der Waals surface area contributed by atoms with Crippen molar-refractivity contribution in [2.24, 2.45) is 0 Å². The van der Waals surface area contributed by atoms with Gasteiger partial charge in [0, 0.05) is 5.56 Å². The van der Waals surface area contributed by atoms with Crippen molar-refractivity contribution in [2.45, 2.75) is 0 Å². The Labute approximate surface area is 184 Å². The molecule has 8 nitrogen and oxygen atoms in total. The summed E-state index contributed by atoms with van der Waals surface area (Å²) in [7, 11) is 0. The summed E-state index contributed by atoms with van der Waals surface area (Å²) < 4.78 is 5.26. The maximum atomic E-state index is 12.2. The molecule has 3 N–H and O–H groups in total. The number of nitriles is 1. The fraction of sp³-hybridized carbons (Fsp3) is 0.0833. The molecule has 3 amide bonds. The highest BCUT2D eigenvalue weighted by Gasteiger charge is 2.10. The van der Waals surface area contributed by atoms with Gasteiger partial charge in [-0.15, -0.1) is 0 Å². The predicted molar refractivity (Wildman–Crippen MR) is 117 cm³/mol. The summed E-state index contributed by atoms with van der Waals surface area (Å²) in [4.78, 5) is 35.9. The van der Waals surface area contributed by atoms with Gasteiger partial charge in [0.25, 0.3) is 17.7 Å². The summed E-state index contributed by atoms with van der Waals surface area (Å²) in [5.74, 6) is -1.37. The van der Waals surface area contributed by atoms with Crippen LogP contribution in [0.3, 0.4) is 0 Å². The SMILES string of the molecule is N#Cc1ccccc1OCC(=O)NNC(=O)CNC(=O)c1ccc(-c2ccccc2)cc1. The van der Waals surface area contributed by atoms with E-state index in [1.807, 2.05) is 48.5 Å². The molecular formula is C24H20N4O4. The van der Waals surface area contributed by atoms with Crippen LogP contribution in [-0.2, 0) is 9.59 Å². The lowest BCUT2D eigenvalue weighted by Gasteiger charge is -2.10. The minimum absolute atomic E-state index is 0.266. The van der Waals surface area contributed by atoms with Crippen LogP contribution in [0.4, 0.5) is 0 Å². The van der Waals surface area contributed by atoms with Gasteiger partial charge in [0.05, 0.1) is 12.1 Å². The molecule has 0 fully saturated rings. The van der Waals surface area contributed by atoms with Gasteiger partial charge < -0.3 is 10.1 Å². The van der Waals surface area contributed by atoms with Crippen molar-refractivity contribution in [3.63, 3.8) is 0 Å². The summed E-state index contributed by atoms with van der Waals surface area (Å²) in [5, 5.41) is 11.5. The molecule has 3 rings (SSSR count). The number of rotatable bonds is 7. The van der Waals surface area contributed by atoms with Crippen molar-refractivity contribution in [1.82, 2.24) is 16.2 Å². The Balaban J connectivity index is 1.40. The highest BCUT2D eigenvalue weighted by Crippen LogP contribution is 2.19. The third-order valence-corrected chi connectivity index (χ3v) is 4.37. The van der Waals surface area contributed by atoms with Gasteiger partial charge in [-0.1, -0.05) is 54.6 Å². The molecule has 3 aromatic rings. The van der Waals surface area contributed by atoms with Gasteiger partial charge in [-0.25, -0.2) is 0 Å². The van der Waals surface area contributed by atoms with Crippen molar-refractivity contribution in [1.29, 1.82) is 5.26 Å². The molecular weight excluding hydrogens is 408 g/mol. The lowest BCUT2D eigenvalue weighted by molar-refractivity contribution is -0.129. The zero-order chi connectivity index (χ0) is 22.8. The Morgan fingerprint density at radius 3 is 2.12 bits per heavy atom. The molecule has 0 spiro atoms. The van der Waals surface area contributed by atoms with E-state index in [1.165, 1.54) is 0 Å². The molecule has 0 heterocycles. The van der Waals surface area contributed by atoms with E-state index < -0.39 is 17.7 Å². The molecule has 0 aliphatic rings. The first kappa shape index (κ1) is 22.1. The van der Waals surface area contributed by atoms with E-state index >= 15 is 0 Å². The molecule has 0 aliphatic heterocycles. The maximum absolute atomic E-state index is 12.2. The zero-order valence-corrected chi connectivity index (χ0v) is 17.0. The average Bonchev–Trinajstić information content (AvgIpc) is 2.85. The minimum Gasteiger partial charge on any atom is -0.482 e. The lowest BCUT2D eigenvalue weighted by Crippen LogP contribution is -2.47. The minimum atomic E-state index is -0.617. The summed E-state index contributed by atoms with van der Waals surface area (Å²) in [5.41, 5.74) is 7.08. The average molecular weight is 428 g/mol. The Bertz CT molecular complexity index is 1140. The molecule has 32 heavy (non-hydrogen) atoms. The van der Waals surface area contributed by atoms with Crippen molar-refractivity contribution in [3.8, 4) is 22.9 Å². The van der Waals surface area contributed by atoms with Crippen molar-refractivity contribution < 1.29 is 19.1 Å². The monoisotopic (exact) mass is 428 g/mol. The molecule has 3 aromatic carbocycles. The van der Waals surface area contributed by atoms with E-state index in [1.54, 1.807) is 36.4 Å². The van der Waals surface area contributed by atoms with Crippen LogP contribution in [0.1, 0.15) is 15.9 Å². The number of hydrazine groups is 1. The van der Waals surface area contributed by atoms with E-state index in [4.69, 9.17) is 10.00 Å². The van der Waals surface area contributed by atoms with Crippen molar-refractivity contribution in [3.05, 3.63) is 90.0 Å². The number of benzene rings is 3. The number of amides is 3. The van der Waals surface area contributed by atoms with Crippen LogP contribution in [0, 0.1) is 11.3 Å². The summed E-state index contributed by atoms with van der Waals surface area (Å²) in [6.45, 7) is -0.712. The predicted octanol–water partition coefficient (Wildman–Crippen LogP) is 2.18. The number of hydrogen-bond acceptors (Lipinski definition) is 5. The molecule has 0 bridgehead atoms. The molecule has 0 aliphatic carbocycles. The first-order chi connectivity index (χ1) is 15.6. The molecule has 8 heteroatoms. The van der Waals surface area contributed by atoms with E-state index in [2.05, 4.69) is 16.2 Å². The Hall–Kier alpha value is -4.64. The van der Waals surface area contributed by atoms with E-state index in [0.717, 1.165) is 11.1 Å². The lowest BCUT2D eigenvalue weighted by atomic mass is 10.0. The Morgan fingerprint density at radius 2 is 1.41 bits per heavy atom. The van der Waals surface area contributed by atoms with Crippen molar-refractivity contribution >= 4 is 17.7 Å². The number of carbonyl (C=O) groups excluding carboxylic acids is 3. The van der Waals surface area contributed by atoms with E-state index in [9.17, 15) is 14.4 Å². The second-order valence-electron chi connectivity index (χ2n) is 6.62. The van der Waals surface area contributed by atoms with Gasteiger partial charge in [0.2, 0.25) is 0 Å². The number of nitrogens with one attached hydrogen (secondary N) is 3. The maximum Gasteiger partial charge on any atom is 0.276 e. The molecule has 0 atom stereocenters. The summed E-state index contributed by atoms with van der Waals surface area (Å²) >= 11 is 0. The smallest absolute Gasteiger partial charge is 0.276 e. The first-order valence-corrected chi connectivity index (χ1v) is 9.70. The van der Waals surface area contributed by atoms with E-state index in [0.29, 0.717) is 11.1 Å². The zero-order valence-electron chi connectivity index (χ0n) is 17.0. The quantitative estimate of drug-likeness (QED) is 0.498. The van der Waals surface area contributed by atoms with Crippen molar-refractivity contribution in [2.75, 3.05) is 13.2 Å². The number of carbonyl (C=O) groups is 3. The highest BCUT2D eigenvalue weighted by atomic mass is 16.5. The highest BCUT2D eigenvalue weighted by molar-refractivity contribution is 5.97. The fourth-order valence-corrected chi connectivity index (χ4v) is 2.76. The van der Waals surface area contributed by atoms with Crippen LogP contribution in [-0.4, -0.2) is 30.9 Å². The third-order valence-electron chi connectivity index (χ3n) is 4.37. The summed E-state index contributed by atoms with van der Waals surface area (Å²) in [6.07, 6.45) is 0. The third kappa shape index (κ3) is 6.18. The molecule has 0 radical (unpaired) electrons. The van der Waals surface area contributed by atoms with Gasteiger partial charge >= 0.3 is 0 Å². The van der Waals surface area contributed by atoms with Gasteiger partial charge in [0.15, 0.2) is 6.61 Å². The standard InChI is InChI=1S/C24H20N4O4/c25-14-20-8-4-5-9-21(20)32-16-23(30)28-27-22(29)15-26-24(31)19-12-10-18(11-13-19)17-6-2-1-3-7-17/h1-13H,15-16H2,(H,26,31)(H,27,29)(H,28,30). The fourth-order valence-electron chi connectivity index (χ4n) is 2.76. The molecule has 0 saturated carbocycles. The molecule has 160 valence electrons. The first-order valence-electron chi connectivity index (χ1n) is 9.70. The molecule has 0 aromatic heterocycles. The summed E-state index contributed by atoms with van der Waals surface area (Å²) in [6, 6.07) is 25.2. The second-order valence-corrected chi connectivity index (χ2v) is 6.62. The van der Waals surface area contributed by atoms with Crippen LogP contribution >= 0.6 is 0 Å². The van der Waals surface area contributed by atoms with Gasteiger partial charge in [0.1, 0.15) is 11.8 Å². The Morgan fingerprint density at radius 1 is 0.781 bits per heavy atom. The van der Waals surface area contributed by atoms with Crippen LogP contribution in [0.2, 0.25) is 0 Å². The number of para-hydroxylation sites is 1. The molecule has 0 unspecified atom stereocenters. The number of nitrogens with zero attached hydrogens (tertiary/aromatic N) is 1.